The predicted octanol–water partition coefficient (Wildman–Crippen LogP) is 0.872. The first-order valence-electron chi connectivity index (χ1n) is 4.25. The Morgan fingerprint density at radius 2 is 1.75 bits per heavy atom. The van der Waals surface area contributed by atoms with Crippen molar-refractivity contribution >= 4 is 10.9 Å². The van der Waals surface area contributed by atoms with E-state index in [4.69, 9.17) is 0 Å². The van der Waals surface area contributed by atoms with Crippen LogP contribution in [-0.2, 0) is 0 Å². The van der Waals surface area contributed by atoms with Crippen LogP contribution in [0.1, 0.15) is 0 Å². The lowest BCUT2D eigenvalue weighted by Crippen LogP contribution is -2.22. The Labute approximate surface area is 86.8 Å². The number of H-pyrrole nitrogens is 1. The van der Waals surface area contributed by atoms with E-state index in [2.05, 4.69) is 0 Å². The SMILES string of the molecule is O=c1cc(O)c2c(F)ccc(F)c2[nH]c1=O. The number of hydrogen-bond donors (Lipinski definition) is 2. The predicted molar refractivity (Wildman–Crippen MR) is 52.4 cm³/mol. The molecule has 0 saturated heterocycles. The third-order valence-electron chi connectivity index (χ3n) is 2.09. The highest BCUT2D eigenvalue weighted by atomic mass is 19.1. The molecule has 0 aliphatic rings. The molecule has 0 amide bonds. The molecule has 0 aliphatic carbocycles. The van der Waals surface area contributed by atoms with E-state index in [0.717, 1.165) is 12.1 Å². The number of benzene rings is 1. The first kappa shape index (κ1) is 10.3. The summed E-state index contributed by atoms with van der Waals surface area (Å²) in [5.74, 6) is -2.64. The van der Waals surface area contributed by atoms with E-state index < -0.39 is 39.3 Å². The first-order valence-corrected chi connectivity index (χ1v) is 4.25. The largest absolute Gasteiger partial charge is 0.507 e. The van der Waals surface area contributed by atoms with Crippen LogP contribution < -0.4 is 11.0 Å². The van der Waals surface area contributed by atoms with Gasteiger partial charge in [-0.2, -0.15) is 0 Å². The summed E-state index contributed by atoms with van der Waals surface area (Å²) in [6.07, 6.45) is 0. The van der Waals surface area contributed by atoms with Crippen molar-refractivity contribution in [2.75, 3.05) is 0 Å². The highest BCUT2D eigenvalue weighted by molar-refractivity contribution is 5.84. The average molecular weight is 225 g/mol. The molecule has 2 rings (SSSR count). The fraction of sp³-hybridized carbons (Fsp3) is 0. The minimum atomic E-state index is -1.13. The molecule has 6 heteroatoms. The number of halogens is 2. The van der Waals surface area contributed by atoms with Gasteiger partial charge in [-0.3, -0.25) is 9.59 Å². The van der Waals surface area contributed by atoms with E-state index in [9.17, 15) is 23.5 Å². The molecule has 0 bridgehead atoms. The van der Waals surface area contributed by atoms with Gasteiger partial charge in [0, 0.05) is 6.07 Å². The van der Waals surface area contributed by atoms with E-state index in [0.29, 0.717) is 6.07 Å². The smallest absolute Gasteiger partial charge is 0.296 e. The molecule has 4 nitrogen and oxygen atoms in total. The summed E-state index contributed by atoms with van der Waals surface area (Å²) in [4.78, 5) is 24.0. The zero-order chi connectivity index (χ0) is 11.9. The lowest BCUT2D eigenvalue weighted by Gasteiger charge is -1.98. The maximum Gasteiger partial charge on any atom is 0.296 e. The van der Waals surface area contributed by atoms with Gasteiger partial charge in [-0.05, 0) is 12.1 Å². The molecule has 2 N–H and O–H groups in total. The van der Waals surface area contributed by atoms with E-state index in [1.807, 2.05) is 4.98 Å². The summed E-state index contributed by atoms with van der Waals surface area (Å²) < 4.78 is 26.6. The third kappa shape index (κ3) is 1.44. The van der Waals surface area contributed by atoms with E-state index in [-0.39, 0.29) is 0 Å². The van der Waals surface area contributed by atoms with E-state index in [1.54, 1.807) is 0 Å². The van der Waals surface area contributed by atoms with Gasteiger partial charge in [0.05, 0.1) is 10.9 Å². The lowest BCUT2D eigenvalue weighted by molar-refractivity contribution is 0.478. The molecule has 0 radical (unpaired) electrons. The summed E-state index contributed by atoms with van der Waals surface area (Å²) >= 11 is 0. The molecule has 16 heavy (non-hydrogen) atoms. The Balaban J connectivity index is 3.22. The second kappa shape index (κ2) is 3.41. The Kier molecular flexibility index (Phi) is 2.19. The van der Waals surface area contributed by atoms with Crippen LogP contribution in [0.2, 0.25) is 0 Å². The fourth-order valence-corrected chi connectivity index (χ4v) is 1.36. The summed E-state index contributed by atoms with van der Waals surface area (Å²) in [6.45, 7) is 0. The standard InChI is InChI=1S/C10H5F2NO3/c11-4-1-2-5(12)9-8(4)6(14)3-7(15)10(16)13-9/h1-3,14H,(H,13,15,16). The van der Waals surface area contributed by atoms with Gasteiger partial charge in [0.25, 0.3) is 5.56 Å². The van der Waals surface area contributed by atoms with Crippen molar-refractivity contribution < 1.29 is 13.9 Å². The van der Waals surface area contributed by atoms with Gasteiger partial charge < -0.3 is 10.1 Å². The molecule has 0 aliphatic heterocycles. The molecule has 1 aromatic carbocycles. The molecule has 0 spiro atoms. The van der Waals surface area contributed by atoms with Gasteiger partial charge in [0.2, 0.25) is 5.43 Å². The second-order valence-corrected chi connectivity index (χ2v) is 3.13. The molecular formula is C10H5F2NO3. The minimum absolute atomic E-state index is 0.529. The molecule has 1 aromatic heterocycles. The Hall–Kier alpha value is -2.24. The number of aromatic nitrogens is 1. The number of rotatable bonds is 0. The summed E-state index contributed by atoms with van der Waals surface area (Å²) in [5, 5.41) is 8.85. The van der Waals surface area contributed by atoms with Crippen LogP contribution in [-0.4, -0.2) is 10.1 Å². The van der Waals surface area contributed by atoms with Crippen molar-refractivity contribution in [3.05, 3.63) is 50.4 Å². The van der Waals surface area contributed by atoms with Gasteiger partial charge >= 0.3 is 0 Å². The average Bonchev–Trinajstić information content (AvgIpc) is 2.33. The number of fused-ring (bicyclic) bond motifs is 1. The number of aromatic amines is 1. The van der Waals surface area contributed by atoms with Crippen molar-refractivity contribution in [3.8, 4) is 5.75 Å². The van der Waals surface area contributed by atoms with Gasteiger partial charge in [0.1, 0.15) is 17.4 Å². The normalized spacial score (nSPS) is 10.6. The number of aromatic hydroxyl groups is 1. The van der Waals surface area contributed by atoms with E-state index in [1.165, 1.54) is 0 Å². The molecule has 2 aromatic rings. The number of nitrogens with one attached hydrogen (secondary N) is 1. The zero-order valence-corrected chi connectivity index (χ0v) is 7.75. The van der Waals surface area contributed by atoms with Crippen LogP contribution in [0.5, 0.6) is 5.75 Å². The van der Waals surface area contributed by atoms with Crippen LogP contribution in [0.3, 0.4) is 0 Å². The Bertz CT molecular complexity index is 694. The summed E-state index contributed by atoms with van der Waals surface area (Å²) in [7, 11) is 0. The maximum atomic E-state index is 13.3. The van der Waals surface area contributed by atoms with Gasteiger partial charge in [-0.15, -0.1) is 0 Å². The third-order valence-corrected chi connectivity index (χ3v) is 2.09. The van der Waals surface area contributed by atoms with Gasteiger partial charge in [-0.25, -0.2) is 8.78 Å². The maximum absolute atomic E-state index is 13.3. The summed E-state index contributed by atoms with van der Waals surface area (Å²) in [5.41, 5.74) is -2.74. The summed E-state index contributed by atoms with van der Waals surface area (Å²) in [6, 6.07) is 2.13. The minimum Gasteiger partial charge on any atom is -0.507 e. The molecule has 1 heterocycles. The monoisotopic (exact) mass is 225 g/mol. The molecular weight excluding hydrogens is 220 g/mol. The van der Waals surface area contributed by atoms with Crippen LogP contribution in [0.15, 0.2) is 27.8 Å². The van der Waals surface area contributed by atoms with Crippen LogP contribution >= 0.6 is 0 Å². The van der Waals surface area contributed by atoms with Crippen LogP contribution in [0.25, 0.3) is 10.9 Å². The molecule has 0 fully saturated rings. The zero-order valence-electron chi connectivity index (χ0n) is 7.75. The highest BCUT2D eigenvalue weighted by Gasteiger charge is 2.11. The quantitative estimate of drug-likeness (QED) is 0.653. The van der Waals surface area contributed by atoms with Crippen molar-refractivity contribution in [1.29, 1.82) is 0 Å². The fourth-order valence-electron chi connectivity index (χ4n) is 1.36. The van der Waals surface area contributed by atoms with Crippen LogP contribution in [0.4, 0.5) is 8.78 Å². The topological polar surface area (TPSA) is 70.2 Å². The lowest BCUT2D eigenvalue weighted by atomic mass is 10.2. The first-order chi connectivity index (χ1) is 7.50. The van der Waals surface area contributed by atoms with Crippen molar-refractivity contribution in [1.82, 2.24) is 4.98 Å². The van der Waals surface area contributed by atoms with Crippen LogP contribution in [0, 0.1) is 11.6 Å². The van der Waals surface area contributed by atoms with Crippen molar-refractivity contribution in [3.63, 3.8) is 0 Å². The molecule has 0 unspecified atom stereocenters. The molecule has 0 atom stereocenters. The van der Waals surface area contributed by atoms with Crippen molar-refractivity contribution in [2.45, 2.75) is 0 Å². The number of hydrogen-bond acceptors (Lipinski definition) is 3. The van der Waals surface area contributed by atoms with Gasteiger partial charge in [-0.1, -0.05) is 0 Å². The highest BCUT2D eigenvalue weighted by Crippen LogP contribution is 2.24. The van der Waals surface area contributed by atoms with E-state index >= 15 is 0 Å². The Morgan fingerprint density at radius 3 is 2.44 bits per heavy atom. The molecule has 0 saturated carbocycles. The Morgan fingerprint density at radius 1 is 1.12 bits per heavy atom. The molecule has 82 valence electrons. The second-order valence-electron chi connectivity index (χ2n) is 3.13. The van der Waals surface area contributed by atoms with Gasteiger partial charge in [0.15, 0.2) is 0 Å². The van der Waals surface area contributed by atoms with Crippen molar-refractivity contribution in [2.24, 2.45) is 0 Å².